The van der Waals surface area contributed by atoms with Gasteiger partial charge in [-0.25, -0.2) is 0 Å². The lowest BCUT2D eigenvalue weighted by Crippen LogP contribution is -1.85. The standard InChI is InChI=1S/C12H13NS/c1-2-5-12-10(7-9-14-12)11-6-3-4-8-13-11/h3-4,6-9H,2,5H2,1H3. The fourth-order valence-electron chi connectivity index (χ4n) is 1.51. The highest BCUT2D eigenvalue weighted by Gasteiger charge is 2.05. The van der Waals surface area contributed by atoms with Crippen LogP contribution in [0.3, 0.4) is 0 Å². The molecule has 2 aromatic heterocycles. The number of pyridine rings is 1. The summed E-state index contributed by atoms with van der Waals surface area (Å²) in [7, 11) is 0. The molecule has 1 nitrogen and oxygen atoms in total. The Morgan fingerprint density at radius 3 is 2.93 bits per heavy atom. The lowest BCUT2D eigenvalue weighted by atomic mass is 10.1. The van der Waals surface area contributed by atoms with Crippen LogP contribution >= 0.6 is 11.3 Å². The van der Waals surface area contributed by atoms with E-state index in [2.05, 4.69) is 29.4 Å². The Kier molecular flexibility index (Phi) is 2.94. The van der Waals surface area contributed by atoms with Crippen molar-refractivity contribution in [3.05, 3.63) is 40.7 Å². The second-order valence-electron chi connectivity index (χ2n) is 3.22. The molecule has 2 aromatic rings. The number of rotatable bonds is 3. The summed E-state index contributed by atoms with van der Waals surface area (Å²) in [6.07, 6.45) is 4.20. The molecule has 2 rings (SSSR count). The number of hydrogen-bond donors (Lipinski definition) is 0. The van der Waals surface area contributed by atoms with Gasteiger partial charge in [0.1, 0.15) is 0 Å². The zero-order valence-corrected chi connectivity index (χ0v) is 9.05. The van der Waals surface area contributed by atoms with Gasteiger partial charge in [-0.15, -0.1) is 11.3 Å². The van der Waals surface area contributed by atoms with E-state index in [0.717, 1.165) is 12.1 Å². The van der Waals surface area contributed by atoms with Gasteiger partial charge in [-0.2, -0.15) is 0 Å². The van der Waals surface area contributed by atoms with Gasteiger partial charge in [0.25, 0.3) is 0 Å². The molecule has 14 heavy (non-hydrogen) atoms. The first-order chi connectivity index (χ1) is 6.92. The van der Waals surface area contributed by atoms with Crippen LogP contribution in [0.15, 0.2) is 35.8 Å². The molecule has 0 aromatic carbocycles. The third-order valence-electron chi connectivity index (χ3n) is 2.16. The SMILES string of the molecule is CCCc1sccc1-c1ccccn1. The minimum Gasteiger partial charge on any atom is -0.256 e. The van der Waals surface area contributed by atoms with E-state index < -0.39 is 0 Å². The van der Waals surface area contributed by atoms with Gasteiger partial charge in [0.2, 0.25) is 0 Å². The van der Waals surface area contributed by atoms with Crippen molar-refractivity contribution < 1.29 is 0 Å². The van der Waals surface area contributed by atoms with Crippen molar-refractivity contribution in [1.29, 1.82) is 0 Å². The van der Waals surface area contributed by atoms with E-state index in [1.54, 1.807) is 0 Å². The van der Waals surface area contributed by atoms with Crippen LogP contribution in [-0.4, -0.2) is 4.98 Å². The average molecular weight is 203 g/mol. The molecule has 0 radical (unpaired) electrons. The molecule has 0 fully saturated rings. The first kappa shape index (κ1) is 9.41. The Hall–Kier alpha value is -1.15. The van der Waals surface area contributed by atoms with Gasteiger partial charge in [0, 0.05) is 16.6 Å². The van der Waals surface area contributed by atoms with Crippen molar-refractivity contribution in [3.63, 3.8) is 0 Å². The van der Waals surface area contributed by atoms with E-state index in [1.165, 1.54) is 16.9 Å². The van der Waals surface area contributed by atoms with Crippen molar-refractivity contribution in [2.45, 2.75) is 19.8 Å². The summed E-state index contributed by atoms with van der Waals surface area (Å²) >= 11 is 1.83. The van der Waals surface area contributed by atoms with Crippen LogP contribution in [0.5, 0.6) is 0 Å². The maximum atomic E-state index is 4.37. The second kappa shape index (κ2) is 4.38. The summed E-state index contributed by atoms with van der Waals surface area (Å²) in [6.45, 7) is 2.21. The van der Waals surface area contributed by atoms with Gasteiger partial charge in [-0.1, -0.05) is 19.4 Å². The first-order valence-electron chi connectivity index (χ1n) is 4.89. The molecule has 0 atom stereocenters. The van der Waals surface area contributed by atoms with Crippen LogP contribution < -0.4 is 0 Å². The first-order valence-corrected chi connectivity index (χ1v) is 5.77. The predicted octanol–water partition coefficient (Wildman–Crippen LogP) is 3.76. The summed E-state index contributed by atoms with van der Waals surface area (Å²) in [6, 6.07) is 8.23. The Balaban J connectivity index is 2.37. The third-order valence-corrected chi connectivity index (χ3v) is 3.14. The molecule has 0 unspecified atom stereocenters. The fraction of sp³-hybridized carbons (Fsp3) is 0.250. The molecule has 0 aliphatic heterocycles. The highest BCUT2D eigenvalue weighted by Crippen LogP contribution is 2.27. The quantitative estimate of drug-likeness (QED) is 0.740. The number of thiophene rings is 1. The highest BCUT2D eigenvalue weighted by molar-refractivity contribution is 7.10. The molecule has 72 valence electrons. The van der Waals surface area contributed by atoms with Gasteiger partial charge < -0.3 is 0 Å². The Morgan fingerprint density at radius 1 is 1.29 bits per heavy atom. The molecule has 0 bridgehead atoms. The number of hydrogen-bond acceptors (Lipinski definition) is 2. The van der Waals surface area contributed by atoms with Crippen LogP contribution in [0, 0.1) is 0 Å². The zero-order chi connectivity index (χ0) is 9.80. The third kappa shape index (κ3) is 1.85. The Labute approximate surface area is 88.4 Å². The van der Waals surface area contributed by atoms with E-state index in [4.69, 9.17) is 0 Å². The fourth-order valence-corrected chi connectivity index (χ4v) is 2.50. The summed E-state index contributed by atoms with van der Waals surface area (Å²) in [4.78, 5) is 5.82. The summed E-state index contributed by atoms with van der Waals surface area (Å²) in [5.41, 5.74) is 2.40. The average Bonchev–Trinajstić information content (AvgIpc) is 2.68. The van der Waals surface area contributed by atoms with E-state index in [-0.39, 0.29) is 0 Å². The Morgan fingerprint density at radius 2 is 2.21 bits per heavy atom. The summed E-state index contributed by atoms with van der Waals surface area (Å²) in [5.74, 6) is 0. The lowest BCUT2D eigenvalue weighted by molar-refractivity contribution is 0.940. The predicted molar refractivity (Wildman–Crippen MR) is 61.5 cm³/mol. The maximum Gasteiger partial charge on any atom is 0.0713 e. The van der Waals surface area contributed by atoms with Crippen LogP contribution in [-0.2, 0) is 6.42 Å². The zero-order valence-electron chi connectivity index (χ0n) is 8.23. The molecule has 0 amide bonds. The molecule has 0 aliphatic rings. The van der Waals surface area contributed by atoms with Crippen LogP contribution in [0.4, 0.5) is 0 Å². The van der Waals surface area contributed by atoms with E-state index in [1.807, 2.05) is 29.7 Å². The normalized spacial score (nSPS) is 10.4. The van der Waals surface area contributed by atoms with Crippen molar-refractivity contribution >= 4 is 11.3 Å². The van der Waals surface area contributed by atoms with E-state index >= 15 is 0 Å². The number of nitrogens with zero attached hydrogens (tertiary/aromatic N) is 1. The largest absolute Gasteiger partial charge is 0.256 e. The summed E-state index contributed by atoms with van der Waals surface area (Å²) in [5, 5.41) is 2.15. The Bertz CT molecular complexity index is 392. The van der Waals surface area contributed by atoms with Crippen molar-refractivity contribution in [2.24, 2.45) is 0 Å². The van der Waals surface area contributed by atoms with Gasteiger partial charge in [-0.3, -0.25) is 4.98 Å². The van der Waals surface area contributed by atoms with Crippen LogP contribution in [0.2, 0.25) is 0 Å². The second-order valence-corrected chi connectivity index (χ2v) is 4.22. The van der Waals surface area contributed by atoms with Crippen molar-refractivity contribution in [2.75, 3.05) is 0 Å². The van der Waals surface area contributed by atoms with Gasteiger partial charge in [-0.05, 0) is 30.0 Å². The summed E-state index contributed by atoms with van der Waals surface area (Å²) < 4.78 is 0. The molecule has 2 heteroatoms. The van der Waals surface area contributed by atoms with Gasteiger partial charge in [0.15, 0.2) is 0 Å². The number of aromatic nitrogens is 1. The number of aryl methyl sites for hydroxylation is 1. The maximum absolute atomic E-state index is 4.37. The molecule has 0 saturated carbocycles. The topological polar surface area (TPSA) is 12.9 Å². The molecule has 2 heterocycles. The molecular weight excluding hydrogens is 190 g/mol. The molecule has 0 saturated heterocycles. The smallest absolute Gasteiger partial charge is 0.0713 e. The van der Waals surface area contributed by atoms with E-state index in [9.17, 15) is 0 Å². The van der Waals surface area contributed by atoms with Crippen LogP contribution in [0.25, 0.3) is 11.3 Å². The van der Waals surface area contributed by atoms with Gasteiger partial charge >= 0.3 is 0 Å². The monoisotopic (exact) mass is 203 g/mol. The lowest BCUT2D eigenvalue weighted by Gasteiger charge is -2.00. The van der Waals surface area contributed by atoms with E-state index in [0.29, 0.717) is 0 Å². The molecule has 0 spiro atoms. The molecule has 0 N–H and O–H groups in total. The van der Waals surface area contributed by atoms with Crippen LogP contribution in [0.1, 0.15) is 18.2 Å². The minimum absolute atomic E-state index is 1.09. The van der Waals surface area contributed by atoms with Gasteiger partial charge in [0.05, 0.1) is 5.69 Å². The molecular formula is C12H13NS. The van der Waals surface area contributed by atoms with Crippen molar-refractivity contribution in [3.8, 4) is 11.3 Å². The molecule has 0 aliphatic carbocycles. The minimum atomic E-state index is 1.09. The highest BCUT2D eigenvalue weighted by atomic mass is 32.1. The van der Waals surface area contributed by atoms with Crippen molar-refractivity contribution in [1.82, 2.24) is 4.98 Å².